The molecule has 0 bridgehead atoms. The molecule has 0 aromatic heterocycles. The summed E-state index contributed by atoms with van der Waals surface area (Å²) in [5, 5.41) is 5.37. The molecule has 2 aromatic carbocycles. The average molecular weight is 377 g/mol. The van der Waals surface area contributed by atoms with Crippen molar-refractivity contribution in [2.24, 2.45) is 0 Å². The van der Waals surface area contributed by atoms with E-state index in [1.165, 1.54) is 7.11 Å². The molecule has 0 spiro atoms. The fraction of sp³-hybridized carbons (Fsp3) is 0.118. The maximum Gasteiger partial charge on any atom is 0.323 e. The van der Waals surface area contributed by atoms with Gasteiger partial charge in [-0.05, 0) is 29.8 Å². The van der Waals surface area contributed by atoms with E-state index in [0.717, 1.165) is 10.0 Å². The summed E-state index contributed by atoms with van der Waals surface area (Å²) in [5.41, 5.74) is 1.52. The van der Waals surface area contributed by atoms with Crippen LogP contribution in [0.2, 0.25) is 0 Å². The number of hydrogen-bond acceptors (Lipinski definition) is 3. The number of nitrogens with one attached hydrogen (secondary N) is 2. The number of ether oxygens (including phenoxy) is 2. The minimum atomic E-state index is -0.364. The normalized spacial score (nSPS) is 10.4. The van der Waals surface area contributed by atoms with Crippen LogP contribution in [0.5, 0.6) is 11.5 Å². The van der Waals surface area contributed by atoms with Crippen LogP contribution in [-0.4, -0.2) is 20.3 Å². The molecule has 2 rings (SSSR count). The van der Waals surface area contributed by atoms with Gasteiger partial charge in [0.15, 0.2) is 0 Å². The van der Waals surface area contributed by atoms with Crippen molar-refractivity contribution in [3.63, 3.8) is 0 Å². The van der Waals surface area contributed by atoms with Crippen LogP contribution in [0.4, 0.5) is 10.5 Å². The highest BCUT2D eigenvalue weighted by Crippen LogP contribution is 2.28. The maximum atomic E-state index is 11.9. The highest BCUT2D eigenvalue weighted by Gasteiger charge is 2.07. The largest absolute Gasteiger partial charge is 0.497 e. The number of benzene rings is 2. The van der Waals surface area contributed by atoms with E-state index in [0.29, 0.717) is 17.2 Å². The number of amides is 2. The number of halogens is 1. The lowest BCUT2D eigenvalue weighted by molar-refractivity contribution is 0.255. The predicted octanol–water partition coefficient (Wildman–Crippen LogP) is 4.26. The molecular weight excluding hydrogens is 360 g/mol. The van der Waals surface area contributed by atoms with Crippen molar-refractivity contribution >= 4 is 33.7 Å². The van der Waals surface area contributed by atoms with Crippen LogP contribution < -0.4 is 20.1 Å². The summed E-state index contributed by atoms with van der Waals surface area (Å²) >= 11 is 3.44. The minimum absolute atomic E-state index is 0.364. The second-order valence-electron chi connectivity index (χ2n) is 4.52. The first-order valence-corrected chi connectivity index (χ1v) is 7.64. The van der Waals surface area contributed by atoms with Gasteiger partial charge in [-0.15, -0.1) is 0 Å². The van der Waals surface area contributed by atoms with Crippen molar-refractivity contribution in [1.29, 1.82) is 0 Å². The highest BCUT2D eigenvalue weighted by atomic mass is 79.9. The molecule has 5 nitrogen and oxygen atoms in total. The molecule has 2 N–H and O–H groups in total. The number of methoxy groups -OCH3 is 2. The van der Waals surface area contributed by atoms with Crippen LogP contribution in [0.15, 0.2) is 53.1 Å². The zero-order chi connectivity index (χ0) is 16.7. The predicted molar refractivity (Wildman–Crippen MR) is 94.9 cm³/mol. The number of carbonyl (C=O) groups is 1. The second-order valence-corrected chi connectivity index (χ2v) is 5.37. The summed E-state index contributed by atoms with van der Waals surface area (Å²) < 4.78 is 11.3. The lowest BCUT2D eigenvalue weighted by Gasteiger charge is -2.11. The molecule has 0 aliphatic rings. The van der Waals surface area contributed by atoms with Crippen molar-refractivity contribution in [2.75, 3.05) is 19.5 Å². The van der Waals surface area contributed by atoms with Gasteiger partial charge in [-0.3, -0.25) is 0 Å². The van der Waals surface area contributed by atoms with Crippen LogP contribution in [-0.2, 0) is 0 Å². The number of carbonyl (C=O) groups excluding carboxylic acids is 1. The third-order valence-electron chi connectivity index (χ3n) is 3.04. The third kappa shape index (κ3) is 4.75. The first-order chi connectivity index (χ1) is 11.1. The standard InChI is InChI=1S/C17H17BrN2O3/c1-22-13-7-8-15(16(11-13)23-2)20-17(21)19-10-9-12-5-3-4-6-14(12)18/h3-11H,1-2H3,(H2,19,20,21)/b10-9+. The molecule has 0 saturated carbocycles. The lowest BCUT2D eigenvalue weighted by Crippen LogP contribution is -2.24. The number of hydrogen-bond donors (Lipinski definition) is 2. The van der Waals surface area contributed by atoms with E-state index < -0.39 is 0 Å². The first kappa shape index (κ1) is 16.9. The smallest absolute Gasteiger partial charge is 0.323 e. The van der Waals surface area contributed by atoms with E-state index in [1.807, 2.05) is 24.3 Å². The van der Waals surface area contributed by atoms with Crippen molar-refractivity contribution < 1.29 is 14.3 Å². The van der Waals surface area contributed by atoms with Crippen LogP contribution >= 0.6 is 15.9 Å². The molecule has 0 saturated heterocycles. The summed E-state index contributed by atoms with van der Waals surface area (Å²) in [4.78, 5) is 11.9. The average Bonchev–Trinajstić information content (AvgIpc) is 2.57. The SMILES string of the molecule is COc1ccc(NC(=O)N/C=C/c2ccccc2Br)c(OC)c1. The summed E-state index contributed by atoms with van der Waals surface area (Å²) in [6.45, 7) is 0. The Morgan fingerprint density at radius 3 is 2.61 bits per heavy atom. The Bertz CT molecular complexity index is 717. The number of anilines is 1. The van der Waals surface area contributed by atoms with Gasteiger partial charge in [0.1, 0.15) is 11.5 Å². The molecule has 0 radical (unpaired) electrons. The van der Waals surface area contributed by atoms with E-state index in [4.69, 9.17) is 9.47 Å². The molecule has 0 unspecified atom stereocenters. The summed E-state index contributed by atoms with van der Waals surface area (Å²) in [6, 6.07) is 12.5. The topological polar surface area (TPSA) is 59.6 Å². The molecule has 0 fully saturated rings. The Hall–Kier alpha value is -2.47. The molecule has 0 atom stereocenters. The van der Waals surface area contributed by atoms with Gasteiger partial charge in [-0.2, -0.15) is 0 Å². The first-order valence-electron chi connectivity index (χ1n) is 6.84. The van der Waals surface area contributed by atoms with Gasteiger partial charge < -0.3 is 20.1 Å². The fourth-order valence-corrected chi connectivity index (χ4v) is 2.29. The van der Waals surface area contributed by atoms with E-state index in [2.05, 4.69) is 26.6 Å². The van der Waals surface area contributed by atoms with Gasteiger partial charge in [0, 0.05) is 16.7 Å². The van der Waals surface area contributed by atoms with Gasteiger partial charge in [0.25, 0.3) is 0 Å². The molecule has 23 heavy (non-hydrogen) atoms. The Morgan fingerprint density at radius 2 is 1.91 bits per heavy atom. The summed E-state index contributed by atoms with van der Waals surface area (Å²) in [6.07, 6.45) is 3.38. The van der Waals surface area contributed by atoms with Gasteiger partial charge >= 0.3 is 6.03 Å². The van der Waals surface area contributed by atoms with Crippen molar-refractivity contribution in [3.8, 4) is 11.5 Å². The molecule has 0 heterocycles. The van der Waals surface area contributed by atoms with Crippen molar-refractivity contribution in [1.82, 2.24) is 5.32 Å². The van der Waals surface area contributed by atoms with E-state index >= 15 is 0 Å². The van der Waals surface area contributed by atoms with Crippen molar-refractivity contribution in [3.05, 3.63) is 58.7 Å². The third-order valence-corrected chi connectivity index (χ3v) is 3.76. The highest BCUT2D eigenvalue weighted by molar-refractivity contribution is 9.10. The number of rotatable bonds is 5. The van der Waals surface area contributed by atoms with Crippen LogP contribution in [0.1, 0.15) is 5.56 Å². The van der Waals surface area contributed by atoms with Gasteiger partial charge in [0.2, 0.25) is 0 Å². The van der Waals surface area contributed by atoms with Gasteiger partial charge in [-0.1, -0.05) is 34.1 Å². The van der Waals surface area contributed by atoms with Gasteiger partial charge in [-0.25, -0.2) is 4.79 Å². The minimum Gasteiger partial charge on any atom is -0.497 e. The van der Waals surface area contributed by atoms with Gasteiger partial charge in [0.05, 0.1) is 19.9 Å². The zero-order valence-corrected chi connectivity index (χ0v) is 14.4. The Balaban J connectivity index is 1.99. The zero-order valence-electron chi connectivity index (χ0n) is 12.8. The fourth-order valence-electron chi connectivity index (χ4n) is 1.88. The summed E-state index contributed by atoms with van der Waals surface area (Å²) in [5.74, 6) is 1.18. The Labute approximate surface area is 143 Å². The maximum absolute atomic E-state index is 11.9. The molecular formula is C17H17BrN2O3. The molecule has 120 valence electrons. The van der Waals surface area contributed by atoms with E-state index in [9.17, 15) is 4.79 Å². The summed E-state index contributed by atoms with van der Waals surface area (Å²) in [7, 11) is 3.10. The molecule has 0 aliphatic carbocycles. The van der Waals surface area contributed by atoms with E-state index in [-0.39, 0.29) is 6.03 Å². The molecule has 6 heteroatoms. The quantitative estimate of drug-likeness (QED) is 0.819. The Kier molecular flexibility index (Phi) is 6.05. The molecule has 2 amide bonds. The van der Waals surface area contributed by atoms with Crippen LogP contribution in [0, 0.1) is 0 Å². The lowest BCUT2D eigenvalue weighted by atomic mass is 10.2. The van der Waals surface area contributed by atoms with E-state index in [1.54, 1.807) is 37.6 Å². The number of urea groups is 1. The van der Waals surface area contributed by atoms with Crippen molar-refractivity contribution in [2.45, 2.75) is 0 Å². The van der Waals surface area contributed by atoms with Crippen LogP contribution in [0.3, 0.4) is 0 Å². The molecule has 2 aromatic rings. The second kappa shape index (κ2) is 8.24. The molecule has 0 aliphatic heterocycles. The monoisotopic (exact) mass is 376 g/mol. The Morgan fingerprint density at radius 1 is 1.13 bits per heavy atom. The van der Waals surface area contributed by atoms with Crippen LogP contribution in [0.25, 0.3) is 6.08 Å².